The fraction of sp³-hybridized carbons (Fsp3) is 0.364. The number of carbonyl (C=O) groups excluding carboxylic acids is 1. The topological polar surface area (TPSA) is 54.5 Å². The molecule has 1 aromatic heterocycles. The average molecular weight is 414 g/mol. The lowest BCUT2D eigenvalue weighted by atomic mass is 9.96. The number of thiazole rings is 1. The summed E-state index contributed by atoms with van der Waals surface area (Å²) < 4.78 is 20.4. The number of nitrogens with zero attached hydrogens (tertiary/aromatic N) is 2. The van der Waals surface area contributed by atoms with Crippen molar-refractivity contribution in [3.8, 4) is 5.75 Å². The molecule has 0 radical (unpaired) electrons. The number of aromatic nitrogens is 1. The Labute approximate surface area is 173 Å². The lowest BCUT2D eigenvalue weighted by Gasteiger charge is -2.31. The third-order valence-electron chi connectivity index (χ3n) is 5.21. The lowest BCUT2D eigenvalue weighted by Crippen LogP contribution is -2.40. The molecule has 1 saturated heterocycles. The minimum atomic E-state index is -0.286. The van der Waals surface area contributed by atoms with Crippen molar-refractivity contribution in [3.05, 3.63) is 53.8 Å². The molecule has 0 atom stereocenters. The zero-order valence-corrected chi connectivity index (χ0v) is 17.2. The number of rotatable bonds is 6. The second-order valence-electron chi connectivity index (χ2n) is 7.13. The first-order valence-electron chi connectivity index (χ1n) is 9.93. The van der Waals surface area contributed by atoms with Gasteiger partial charge in [0.15, 0.2) is 5.13 Å². The second-order valence-corrected chi connectivity index (χ2v) is 8.14. The highest BCUT2D eigenvalue weighted by molar-refractivity contribution is 7.22. The molecule has 152 valence electrons. The van der Waals surface area contributed by atoms with Crippen LogP contribution in [0.2, 0.25) is 0 Å². The number of fused-ring (bicyclic) bond motifs is 1. The molecular weight excluding hydrogens is 389 g/mol. The smallest absolute Gasteiger partial charge is 0.223 e. The minimum Gasteiger partial charge on any atom is -0.494 e. The Morgan fingerprint density at radius 3 is 2.83 bits per heavy atom. The van der Waals surface area contributed by atoms with E-state index in [1.807, 2.05) is 25.1 Å². The number of benzene rings is 2. The molecule has 1 amide bonds. The van der Waals surface area contributed by atoms with Crippen LogP contribution in [-0.2, 0) is 11.3 Å². The van der Waals surface area contributed by atoms with E-state index in [2.05, 4.69) is 10.2 Å². The molecule has 0 spiro atoms. The van der Waals surface area contributed by atoms with Gasteiger partial charge >= 0.3 is 0 Å². The molecule has 1 aliphatic heterocycles. The zero-order valence-electron chi connectivity index (χ0n) is 16.4. The van der Waals surface area contributed by atoms with Gasteiger partial charge in [0.2, 0.25) is 5.91 Å². The molecule has 1 aliphatic rings. The Bertz CT molecular complexity index is 999. The summed E-state index contributed by atoms with van der Waals surface area (Å²) in [4.78, 5) is 19.5. The van der Waals surface area contributed by atoms with Crippen molar-refractivity contribution in [2.75, 3.05) is 24.6 Å². The van der Waals surface area contributed by atoms with E-state index in [1.54, 1.807) is 29.5 Å². The molecule has 7 heteroatoms. The van der Waals surface area contributed by atoms with Crippen LogP contribution in [0.15, 0.2) is 42.5 Å². The minimum absolute atomic E-state index is 0.00133. The third kappa shape index (κ3) is 4.50. The van der Waals surface area contributed by atoms with Gasteiger partial charge in [-0.05, 0) is 44.0 Å². The number of piperidine rings is 1. The Balaban J connectivity index is 1.33. The standard InChI is InChI=1S/C22H24FN3O2S/c1-2-28-17-7-8-19-20(13-17)29-22(25-19)26-11-9-15(10-12-26)21(27)24-14-16-5-3-4-6-18(16)23/h3-8,13,15H,2,9-12,14H2,1H3,(H,24,27). The highest BCUT2D eigenvalue weighted by atomic mass is 32.1. The van der Waals surface area contributed by atoms with E-state index in [1.165, 1.54) is 6.07 Å². The Morgan fingerprint density at radius 2 is 2.07 bits per heavy atom. The molecule has 29 heavy (non-hydrogen) atoms. The number of halogens is 1. The molecule has 1 N–H and O–H groups in total. The van der Waals surface area contributed by atoms with E-state index in [0.717, 1.165) is 47.0 Å². The SMILES string of the molecule is CCOc1ccc2nc(N3CCC(C(=O)NCc4ccccc4F)CC3)sc2c1. The second kappa shape index (κ2) is 8.78. The number of carbonyl (C=O) groups is 1. The van der Waals surface area contributed by atoms with Crippen LogP contribution >= 0.6 is 11.3 Å². The number of amides is 1. The van der Waals surface area contributed by atoms with Crippen molar-refractivity contribution < 1.29 is 13.9 Å². The summed E-state index contributed by atoms with van der Waals surface area (Å²) in [5, 5.41) is 3.86. The van der Waals surface area contributed by atoms with Crippen LogP contribution in [0.1, 0.15) is 25.3 Å². The molecule has 2 aromatic carbocycles. The van der Waals surface area contributed by atoms with Crippen LogP contribution < -0.4 is 15.0 Å². The van der Waals surface area contributed by atoms with Gasteiger partial charge in [0.1, 0.15) is 11.6 Å². The van der Waals surface area contributed by atoms with Crippen molar-refractivity contribution in [1.29, 1.82) is 0 Å². The van der Waals surface area contributed by atoms with Crippen molar-refractivity contribution in [1.82, 2.24) is 10.3 Å². The van der Waals surface area contributed by atoms with Crippen molar-refractivity contribution >= 4 is 32.6 Å². The van der Waals surface area contributed by atoms with E-state index >= 15 is 0 Å². The number of nitrogens with one attached hydrogen (secondary N) is 1. The Morgan fingerprint density at radius 1 is 1.28 bits per heavy atom. The predicted molar refractivity (Wildman–Crippen MR) is 114 cm³/mol. The van der Waals surface area contributed by atoms with Gasteiger partial charge in [-0.3, -0.25) is 4.79 Å². The molecule has 1 fully saturated rings. The molecule has 2 heterocycles. The molecule has 3 aromatic rings. The summed E-state index contributed by atoms with van der Waals surface area (Å²) in [5.41, 5.74) is 1.48. The normalized spacial score (nSPS) is 14.9. The maximum Gasteiger partial charge on any atom is 0.223 e. The first-order valence-corrected chi connectivity index (χ1v) is 10.7. The van der Waals surface area contributed by atoms with Gasteiger partial charge in [0, 0.05) is 31.1 Å². The molecule has 0 unspecified atom stereocenters. The monoisotopic (exact) mass is 413 g/mol. The Kier molecular flexibility index (Phi) is 5.94. The van der Waals surface area contributed by atoms with Gasteiger partial charge in [-0.2, -0.15) is 0 Å². The van der Waals surface area contributed by atoms with E-state index < -0.39 is 0 Å². The predicted octanol–water partition coefficient (Wildman–Crippen LogP) is 4.37. The quantitative estimate of drug-likeness (QED) is 0.652. The molecule has 0 aliphatic carbocycles. The van der Waals surface area contributed by atoms with Crippen LogP contribution in [0.3, 0.4) is 0 Å². The average Bonchev–Trinajstić information content (AvgIpc) is 3.17. The van der Waals surface area contributed by atoms with Crippen molar-refractivity contribution in [2.45, 2.75) is 26.3 Å². The van der Waals surface area contributed by atoms with E-state index in [4.69, 9.17) is 9.72 Å². The van der Waals surface area contributed by atoms with Crippen LogP contribution in [0.5, 0.6) is 5.75 Å². The molecule has 0 bridgehead atoms. The maximum absolute atomic E-state index is 13.7. The van der Waals surface area contributed by atoms with Gasteiger partial charge in [0.05, 0.1) is 16.8 Å². The fourth-order valence-electron chi connectivity index (χ4n) is 3.59. The fourth-order valence-corrected chi connectivity index (χ4v) is 4.63. The zero-order chi connectivity index (χ0) is 20.2. The van der Waals surface area contributed by atoms with Gasteiger partial charge in [-0.15, -0.1) is 0 Å². The van der Waals surface area contributed by atoms with E-state index in [0.29, 0.717) is 12.2 Å². The van der Waals surface area contributed by atoms with Gasteiger partial charge in [-0.1, -0.05) is 29.5 Å². The highest BCUT2D eigenvalue weighted by Gasteiger charge is 2.26. The number of anilines is 1. The summed E-state index contributed by atoms with van der Waals surface area (Å²) in [5.74, 6) is 0.530. The van der Waals surface area contributed by atoms with Gasteiger partial charge in [0.25, 0.3) is 0 Å². The summed E-state index contributed by atoms with van der Waals surface area (Å²) in [6, 6.07) is 12.5. The number of hydrogen-bond acceptors (Lipinski definition) is 5. The van der Waals surface area contributed by atoms with E-state index in [9.17, 15) is 9.18 Å². The van der Waals surface area contributed by atoms with Crippen molar-refractivity contribution in [3.63, 3.8) is 0 Å². The van der Waals surface area contributed by atoms with Crippen LogP contribution in [0.4, 0.5) is 9.52 Å². The highest BCUT2D eigenvalue weighted by Crippen LogP contribution is 2.33. The molecule has 5 nitrogen and oxygen atoms in total. The van der Waals surface area contributed by atoms with Gasteiger partial charge < -0.3 is 15.0 Å². The third-order valence-corrected chi connectivity index (χ3v) is 6.29. The number of ether oxygens (including phenoxy) is 1. The van der Waals surface area contributed by atoms with Crippen LogP contribution in [0, 0.1) is 11.7 Å². The molecule has 0 saturated carbocycles. The Hall–Kier alpha value is -2.67. The first kappa shape index (κ1) is 19.6. The summed E-state index contributed by atoms with van der Waals surface area (Å²) in [7, 11) is 0. The van der Waals surface area contributed by atoms with Crippen LogP contribution in [0.25, 0.3) is 10.2 Å². The molecular formula is C22H24FN3O2S. The first-order chi connectivity index (χ1) is 14.1. The summed E-state index contributed by atoms with van der Waals surface area (Å²) in [6.07, 6.45) is 1.53. The molecule has 4 rings (SSSR count). The lowest BCUT2D eigenvalue weighted by molar-refractivity contribution is -0.125. The van der Waals surface area contributed by atoms with Crippen molar-refractivity contribution in [2.24, 2.45) is 5.92 Å². The summed E-state index contributed by atoms with van der Waals surface area (Å²) in [6.45, 7) is 4.42. The van der Waals surface area contributed by atoms with Gasteiger partial charge in [-0.25, -0.2) is 9.37 Å². The van der Waals surface area contributed by atoms with E-state index in [-0.39, 0.29) is 24.2 Å². The van der Waals surface area contributed by atoms with Crippen LogP contribution in [-0.4, -0.2) is 30.6 Å². The maximum atomic E-state index is 13.7. The number of hydrogen-bond donors (Lipinski definition) is 1. The summed E-state index contributed by atoms with van der Waals surface area (Å²) >= 11 is 1.66. The largest absolute Gasteiger partial charge is 0.494 e.